The number of benzene rings is 1. The quantitative estimate of drug-likeness (QED) is 0.782. The highest BCUT2D eigenvalue weighted by Gasteiger charge is 2.12. The van der Waals surface area contributed by atoms with Crippen molar-refractivity contribution in [2.45, 2.75) is 11.3 Å². The normalized spacial score (nSPS) is 10.9. The Bertz CT molecular complexity index is 462. The predicted octanol–water partition coefficient (Wildman–Crippen LogP) is 1.02. The Morgan fingerprint density at radius 3 is 2.47 bits per heavy atom. The second kappa shape index (κ2) is 4.87. The molecule has 80 valence electrons. The zero-order valence-electron chi connectivity index (χ0n) is 7.77. The van der Waals surface area contributed by atoms with Crippen molar-refractivity contribution in [3.05, 3.63) is 30.1 Å². The maximum atomic E-state index is 12.5. The monoisotopic (exact) mass is 228 g/mol. The molecule has 6 heteroatoms. The van der Waals surface area contributed by atoms with Crippen molar-refractivity contribution in [2.75, 3.05) is 6.54 Å². The topological polar surface area (TPSA) is 70.0 Å². The molecular weight excluding hydrogens is 219 g/mol. The molecule has 0 aromatic heterocycles. The van der Waals surface area contributed by atoms with E-state index in [-0.39, 0.29) is 17.9 Å². The van der Waals surface area contributed by atoms with Crippen molar-refractivity contribution in [2.24, 2.45) is 0 Å². The van der Waals surface area contributed by atoms with Crippen molar-refractivity contribution >= 4 is 10.0 Å². The first-order chi connectivity index (χ1) is 7.06. The number of nitrogens with zero attached hydrogens (tertiary/aromatic N) is 1. The van der Waals surface area contributed by atoms with Gasteiger partial charge in [-0.3, -0.25) is 0 Å². The van der Waals surface area contributed by atoms with Crippen LogP contribution in [0.15, 0.2) is 29.2 Å². The molecule has 0 saturated carbocycles. The molecule has 0 heterocycles. The summed E-state index contributed by atoms with van der Waals surface area (Å²) < 4.78 is 37.7. The maximum absolute atomic E-state index is 12.5. The van der Waals surface area contributed by atoms with E-state index in [0.29, 0.717) is 0 Å². The van der Waals surface area contributed by atoms with Crippen molar-refractivity contribution < 1.29 is 12.8 Å². The van der Waals surface area contributed by atoms with Crippen LogP contribution in [0.25, 0.3) is 0 Å². The van der Waals surface area contributed by atoms with Gasteiger partial charge in [-0.25, -0.2) is 17.5 Å². The average molecular weight is 228 g/mol. The molecule has 0 aliphatic carbocycles. The first kappa shape index (κ1) is 11.6. The van der Waals surface area contributed by atoms with Crippen molar-refractivity contribution in [3.8, 4) is 6.07 Å². The number of hydrogen-bond acceptors (Lipinski definition) is 3. The summed E-state index contributed by atoms with van der Waals surface area (Å²) in [7, 11) is -3.62. The molecule has 15 heavy (non-hydrogen) atoms. The van der Waals surface area contributed by atoms with E-state index in [1.54, 1.807) is 0 Å². The Morgan fingerprint density at radius 2 is 1.93 bits per heavy atom. The van der Waals surface area contributed by atoms with Crippen LogP contribution < -0.4 is 4.72 Å². The van der Waals surface area contributed by atoms with Gasteiger partial charge in [0.15, 0.2) is 0 Å². The van der Waals surface area contributed by atoms with E-state index in [9.17, 15) is 12.8 Å². The highest BCUT2D eigenvalue weighted by atomic mass is 32.2. The highest BCUT2D eigenvalue weighted by Crippen LogP contribution is 2.09. The Balaban J connectivity index is 2.79. The third kappa shape index (κ3) is 3.31. The largest absolute Gasteiger partial charge is 0.240 e. The van der Waals surface area contributed by atoms with E-state index in [1.165, 1.54) is 12.1 Å². The van der Waals surface area contributed by atoms with Crippen LogP contribution in [0.4, 0.5) is 4.39 Å². The van der Waals surface area contributed by atoms with Crippen molar-refractivity contribution in [3.63, 3.8) is 0 Å². The van der Waals surface area contributed by atoms with E-state index < -0.39 is 15.8 Å². The van der Waals surface area contributed by atoms with Crippen LogP contribution in [-0.4, -0.2) is 15.0 Å². The summed E-state index contributed by atoms with van der Waals surface area (Å²) >= 11 is 0. The molecule has 0 atom stereocenters. The van der Waals surface area contributed by atoms with Gasteiger partial charge in [0.1, 0.15) is 5.82 Å². The Hall–Kier alpha value is -1.45. The molecule has 0 amide bonds. The molecule has 1 aromatic carbocycles. The summed E-state index contributed by atoms with van der Waals surface area (Å²) in [5.74, 6) is -0.494. The second-order valence-corrected chi connectivity index (χ2v) is 4.53. The van der Waals surface area contributed by atoms with E-state index in [1.807, 2.05) is 6.07 Å². The predicted molar refractivity (Wildman–Crippen MR) is 51.8 cm³/mol. The molecular formula is C9H9FN2O2S. The molecule has 0 unspecified atom stereocenters. The molecule has 0 radical (unpaired) electrons. The molecule has 0 aliphatic rings. The molecule has 4 nitrogen and oxygen atoms in total. The summed E-state index contributed by atoms with van der Waals surface area (Å²) in [5, 5.41) is 8.24. The lowest BCUT2D eigenvalue weighted by Crippen LogP contribution is -2.24. The number of nitriles is 1. The van der Waals surface area contributed by atoms with Gasteiger partial charge in [-0.05, 0) is 24.3 Å². The summed E-state index contributed by atoms with van der Waals surface area (Å²) in [6.45, 7) is 0.0518. The van der Waals surface area contributed by atoms with Crippen molar-refractivity contribution in [1.82, 2.24) is 4.72 Å². The lowest BCUT2D eigenvalue weighted by atomic mass is 10.4. The number of nitrogens with one attached hydrogen (secondary N) is 1. The fourth-order valence-corrected chi connectivity index (χ4v) is 1.97. The van der Waals surface area contributed by atoms with Gasteiger partial charge in [0.05, 0.1) is 11.0 Å². The minimum atomic E-state index is -3.62. The summed E-state index contributed by atoms with van der Waals surface area (Å²) in [4.78, 5) is -0.0122. The molecule has 0 bridgehead atoms. The van der Waals surface area contributed by atoms with E-state index in [0.717, 1.165) is 12.1 Å². The third-order valence-corrected chi connectivity index (χ3v) is 3.13. The van der Waals surface area contributed by atoms with Crippen LogP contribution in [0, 0.1) is 17.1 Å². The van der Waals surface area contributed by atoms with Gasteiger partial charge in [-0.2, -0.15) is 5.26 Å². The number of rotatable bonds is 4. The standard InChI is InChI=1S/C9H9FN2O2S/c10-8-2-4-9(5-3-8)15(13,14)12-7-1-6-11/h2-5,12H,1,7H2. The fourth-order valence-electron chi connectivity index (χ4n) is 0.938. The molecule has 0 saturated heterocycles. The summed E-state index contributed by atoms with van der Waals surface area (Å²) in [6, 6.07) is 6.29. The average Bonchev–Trinajstić information content (AvgIpc) is 2.18. The van der Waals surface area contributed by atoms with E-state index >= 15 is 0 Å². The lowest BCUT2D eigenvalue weighted by Gasteiger charge is -2.04. The first-order valence-electron chi connectivity index (χ1n) is 4.18. The first-order valence-corrected chi connectivity index (χ1v) is 5.67. The summed E-state index contributed by atoms with van der Waals surface area (Å²) in [6.07, 6.45) is 0.0976. The molecule has 0 fully saturated rings. The van der Waals surface area contributed by atoms with Gasteiger partial charge in [0.2, 0.25) is 10.0 Å². The van der Waals surface area contributed by atoms with Gasteiger partial charge in [-0.1, -0.05) is 0 Å². The van der Waals surface area contributed by atoms with Gasteiger partial charge in [-0.15, -0.1) is 0 Å². The number of hydrogen-bond donors (Lipinski definition) is 1. The molecule has 1 aromatic rings. The minimum Gasteiger partial charge on any atom is -0.210 e. The SMILES string of the molecule is N#CCCNS(=O)(=O)c1ccc(F)cc1. The maximum Gasteiger partial charge on any atom is 0.240 e. The van der Waals surface area contributed by atoms with Crippen LogP contribution >= 0.6 is 0 Å². The van der Waals surface area contributed by atoms with Gasteiger partial charge < -0.3 is 0 Å². The summed E-state index contributed by atoms with van der Waals surface area (Å²) in [5.41, 5.74) is 0. The second-order valence-electron chi connectivity index (χ2n) is 2.76. The fraction of sp³-hybridized carbons (Fsp3) is 0.222. The lowest BCUT2D eigenvalue weighted by molar-refractivity contribution is 0.581. The zero-order chi connectivity index (χ0) is 11.3. The third-order valence-electron chi connectivity index (χ3n) is 1.65. The van der Waals surface area contributed by atoms with Crippen LogP contribution in [0.3, 0.4) is 0 Å². The van der Waals surface area contributed by atoms with Crippen LogP contribution in [0.2, 0.25) is 0 Å². The molecule has 1 N–H and O–H groups in total. The smallest absolute Gasteiger partial charge is 0.210 e. The molecule has 0 aliphatic heterocycles. The minimum absolute atomic E-state index is 0.0122. The van der Waals surface area contributed by atoms with Crippen molar-refractivity contribution in [1.29, 1.82) is 5.26 Å². The number of sulfonamides is 1. The van der Waals surface area contributed by atoms with E-state index in [4.69, 9.17) is 5.26 Å². The Labute approximate surface area is 87.4 Å². The van der Waals surface area contributed by atoms with Crippen LogP contribution in [0.1, 0.15) is 6.42 Å². The Morgan fingerprint density at radius 1 is 1.33 bits per heavy atom. The van der Waals surface area contributed by atoms with Crippen LogP contribution in [-0.2, 0) is 10.0 Å². The van der Waals surface area contributed by atoms with Gasteiger partial charge >= 0.3 is 0 Å². The highest BCUT2D eigenvalue weighted by molar-refractivity contribution is 7.89. The number of halogens is 1. The molecule has 1 rings (SSSR count). The zero-order valence-corrected chi connectivity index (χ0v) is 8.59. The van der Waals surface area contributed by atoms with Gasteiger partial charge in [0.25, 0.3) is 0 Å². The van der Waals surface area contributed by atoms with E-state index in [2.05, 4.69) is 4.72 Å². The Kier molecular flexibility index (Phi) is 3.77. The van der Waals surface area contributed by atoms with Crippen LogP contribution in [0.5, 0.6) is 0 Å². The van der Waals surface area contributed by atoms with Gasteiger partial charge in [0, 0.05) is 13.0 Å². The molecule has 0 spiro atoms.